The Labute approximate surface area is 112 Å². The molecule has 18 heavy (non-hydrogen) atoms. The molecule has 0 spiro atoms. The lowest BCUT2D eigenvalue weighted by Crippen LogP contribution is -2.58. The minimum absolute atomic E-state index is 0.116. The van der Waals surface area contributed by atoms with E-state index in [2.05, 4.69) is 22.5 Å². The molecule has 0 aliphatic carbocycles. The lowest BCUT2D eigenvalue weighted by molar-refractivity contribution is 0.0185. The van der Waals surface area contributed by atoms with Crippen LogP contribution in [0.5, 0.6) is 5.88 Å². The second-order valence-electron chi connectivity index (χ2n) is 4.52. The number of aliphatic hydroxyl groups excluding tert-OH is 1. The first-order valence-corrected chi connectivity index (χ1v) is 7.32. The maximum atomic E-state index is 9.87. The van der Waals surface area contributed by atoms with Crippen LogP contribution in [0.3, 0.4) is 0 Å². The van der Waals surface area contributed by atoms with E-state index < -0.39 is 6.10 Å². The van der Waals surface area contributed by atoms with E-state index in [-0.39, 0.29) is 12.1 Å². The van der Waals surface area contributed by atoms with Gasteiger partial charge in [-0.3, -0.25) is 0 Å². The summed E-state index contributed by atoms with van der Waals surface area (Å²) in [5.41, 5.74) is 0. The SMILES string of the molecule is CCc1nc(OC(C(C)O)C2CNCCN2)cs1. The van der Waals surface area contributed by atoms with Crippen molar-refractivity contribution in [2.45, 2.75) is 38.5 Å². The predicted octanol–water partition coefficient (Wildman–Crippen LogP) is 0.395. The molecule has 1 aromatic rings. The van der Waals surface area contributed by atoms with Gasteiger partial charge < -0.3 is 20.5 Å². The molecule has 6 heteroatoms. The molecule has 2 heterocycles. The van der Waals surface area contributed by atoms with Crippen molar-refractivity contribution in [2.75, 3.05) is 19.6 Å². The van der Waals surface area contributed by atoms with Gasteiger partial charge >= 0.3 is 0 Å². The Balaban J connectivity index is 2.00. The first-order valence-electron chi connectivity index (χ1n) is 6.44. The smallest absolute Gasteiger partial charge is 0.225 e. The van der Waals surface area contributed by atoms with Crippen molar-refractivity contribution in [3.8, 4) is 5.88 Å². The molecule has 102 valence electrons. The summed E-state index contributed by atoms with van der Waals surface area (Å²) < 4.78 is 5.84. The number of piperazine rings is 1. The van der Waals surface area contributed by atoms with Crippen LogP contribution >= 0.6 is 11.3 Å². The normalized spacial score (nSPS) is 23.6. The zero-order valence-corrected chi connectivity index (χ0v) is 11.7. The molecule has 1 aliphatic heterocycles. The third kappa shape index (κ3) is 3.41. The van der Waals surface area contributed by atoms with Gasteiger partial charge in [0.25, 0.3) is 0 Å². The molecule has 1 aliphatic rings. The number of hydrogen-bond donors (Lipinski definition) is 3. The van der Waals surface area contributed by atoms with Gasteiger partial charge in [-0.05, 0) is 13.3 Å². The molecule has 0 amide bonds. The fourth-order valence-electron chi connectivity index (χ4n) is 2.07. The van der Waals surface area contributed by atoms with Crippen LogP contribution in [-0.4, -0.2) is 48.0 Å². The molecule has 1 aromatic heterocycles. The molecule has 0 radical (unpaired) electrons. The Kier molecular flexibility index (Phi) is 4.94. The first kappa shape index (κ1) is 13.7. The topological polar surface area (TPSA) is 66.4 Å². The maximum absolute atomic E-state index is 9.87. The van der Waals surface area contributed by atoms with E-state index in [0.717, 1.165) is 31.1 Å². The van der Waals surface area contributed by atoms with Crippen molar-refractivity contribution < 1.29 is 9.84 Å². The highest BCUT2D eigenvalue weighted by atomic mass is 32.1. The number of aromatic nitrogens is 1. The molecule has 5 nitrogen and oxygen atoms in total. The summed E-state index contributed by atoms with van der Waals surface area (Å²) in [6.07, 6.45) is 0.107. The van der Waals surface area contributed by atoms with Crippen LogP contribution < -0.4 is 15.4 Å². The Morgan fingerprint density at radius 1 is 1.61 bits per heavy atom. The maximum Gasteiger partial charge on any atom is 0.225 e. The Bertz CT molecular complexity index is 364. The zero-order chi connectivity index (χ0) is 13.0. The number of nitrogens with one attached hydrogen (secondary N) is 2. The number of rotatable bonds is 5. The predicted molar refractivity (Wildman–Crippen MR) is 72.2 cm³/mol. The van der Waals surface area contributed by atoms with E-state index in [1.807, 2.05) is 5.38 Å². The zero-order valence-electron chi connectivity index (χ0n) is 10.8. The minimum Gasteiger partial charge on any atom is -0.469 e. The summed E-state index contributed by atoms with van der Waals surface area (Å²) in [6, 6.07) is 0.116. The summed E-state index contributed by atoms with van der Waals surface area (Å²) in [5, 5.41) is 19.5. The number of ether oxygens (including phenoxy) is 1. The van der Waals surface area contributed by atoms with Crippen LogP contribution in [0.2, 0.25) is 0 Å². The fraction of sp³-hybridized carbons (Fsp3) is 0.750. The highest BCUT2D eigenvalue weighted by Gasteiger charge is 2.29. The van der Waals surface area contributed by atoms with Crippen molar-refractivity contribution in [1.29, 1.82) is 0 Å². The van der Waals surface area contributed by atoms with Crippen LogP contribution in [0, 0.1) is 0 Å². The van der Waals surface area contributed by atoms with Gasteiger partial charge in [-0.25, -0.2) is 4.98 Å². The Hall–Kier alpha value is -0.690. The lowest BCUT2D eigenvalue weighted by Gasteiger charge is -2.33. The van der Waals surface area contributed by atoms with Gasteiger partial charge in [0, 0.05) is 19.6 Å². The van der Waals surface area contributed by atoms with Crippen molar-refractivity contribution in [1.82, 2.24) is 15.6 Å². The summed E-state index contributed by atoms with van der Waals surface area (Å²) >= 11 is 1.60. The summed E-state index contributed by atoms with van der Waals surface area (Å²) in [4.78, 5) is 4.38. The second kappa shape index (κ2) is 6.47. The highest BCUT2D eigenvalue weighted by Crippen LogP contribution is 2.20. The number of aliphatic hydroxyl groups is 1. The van der Waals surface area contributed by atoms with Crippen LogP contribution in [-0.2, 0) is 6.42 Å². The fourth-order valence-corrected chi connectivity index (χ4v) is 2.73. The van der Waals surface area contributed by atoms with Crippen LogP contribution in [0.1, 0.15) is 18.9 Å². The molecular formula is C12H21N3O2S. The number of hydrogen-bond acceptors (Lipinski definition) is 6. The van der Waals surface area contributed by atoms with E-state index in [9.17, 15) is 5.11 Å². The standard InChI is InChI=1S/C12H21N3O2S/c1-3-11-15-10(7-18-11)17-12(8(2)16)9-6-13-4-5-14-9/h7-9,12-14,16H,3-6H2,1-2H3. The third-order valence-electron chi connectivity index (χ3n) is 3.03. The van der Waals surface area contributed by atoms with E-state index in [4.69, 9.17) is 4.74 Å². The molecule has 0 aromatic carbocycles. The first-order chi connectivity index (χ1) is 8.70. The van der Waals surface area contributed by atoms with Gasteiger partial charge in [0.2, 0.25) is 5.88 Å². The van der Waals surface area contributed by atoms with Crippen molar-refractivity contribution in [3.05, 3.63) is 10.4 Å². The molecular weight excluding hydrogens is 250 g/mol. The van der Waals surface area contributed by atoms with Crippen LogP contribution in [0.25, 0.3) is 0 Å². The average Bonchev–Trinajstić information content (AvgIpc) is 2.84. The summed E-state index contributed by atoms with van der Waals surface area (Å²) in [5.74, 6) is 0.620. The molecule has 0 saturated carbocycles. The lowest BCUT2D eigenvalue weighted by atomic mass is 10.0. The van der Waals surface area contributed by atoms with E-state index >= 15 is 0 Å². The largest absolute Gasteiger partial charge is 0.469 e. The summed E-state index contributed by atoms with van der Waals surface area (Å²) in [7, 11) is 0. The average molecular weight is 271 g/mol. The number of nitrogens with zero attached hydrogens (tertiary/aromatic N) is 1. The Morgan fingerprint density at radius 2 is 2.44 bits per heavy atom. The van der Waals surface area contributed by atoms with E-state index in [1.54, 1.807) is 18.3 Å². The van der Waals surface area contributed by atoms with Crippen LogP contribution in [0.4, 0.5) is 0 Å². The Morgan fingerprint density at radius 3 is 3.00 bits per heavy atom. The van der Waals surface area contributed by atoms with Gasteiger partial charge in [-0.15, -0.1) is 11.3 Å². The van der Waals surface area contributed by atoms with Crippen molar-refractivity contribution in [2.24, 2.45) is 0 Å². The minimum atomic E-state index is -0.533. The second-order valence-corrected chi connectivity index (χ2v) is 5.46. The van der Waals surface area contributed by atoms with Crippen molar-refractivity contribution >= 4 is 11.3 Å². The summed E-state index contributed by atoms with van der Waals surface area (Å²) in [6.45, 7) is 6.49. The van der Waals surface area contributed by atoms with Gasteiger partial charge in [-0.1, -0.05) is 6.92 Å². The number of aryl methyl sites for hydroxylation is 1. The molecule has 3 unspecified atom stereocenters. The van der Waals surface area contributed by atoms with Crippen molar-refractivity contribution in [3.63, 3.8) is 0 Å². The van der Waals surface area contributed by atoms with Crippen LogP contribution in [0.15, 0.2) is 5.38 Å². The highest BCUT2D eigenvalue weighted by molar-refractivity contribution is 7.09. The number of thiazole rings is 1. The van der Waals surface area contributed by atoms with Gasteiger partial charge in [0.15, 0.2) is 0 Å². The van der Waals surface area contributed by atoms with Gasteiger partial charge in [-0.2, -0.15) is 0 Å². The molecule has 3 N–H and O–H groups in total. The monoisotopic (exact) mass is 271 g/mol. The molecule has 1 fully saturated rings. The van der Waals surface area contributed by atoms with Gasteiger partial charge in [0.05, 0.1) is 22.5 Å². The quantitative estimate of drug-likeness (QED) is 0.723. The molecule has 1 saturated heterocycles. The molecule has 3 atom stereocenters. The third-order valence-corrected chi connectivity index (χ3v) is 4.01. The molecule has 2 rings (SSSR count). The van der Waals surface area contributed by atoms with E-state index in [1.165, 1.54) is 0 Å². The van der Waals surface area contributed by atoms with E-state index in [0.29, 0.717) is 5.88 Å². The van der Waals surface area contributed by atoms with Gasteiger partial charge in [0.1, 0.15) is 6.10 Å². The molecule has 0 bridgehead atoms.